The lowest BCUT2D eigenvalue weighted by atomic mass is 9.85. The monoisotopic (exact) mass is 450 g/mol. The zero-order valence-corrected chi connectivity index (χ0v) is 19.8. The number of carbonyl (C=O) groups excluding carboxylic acids is 1. The number of quaternary nitrogens is 1. The van der Waals surface area contributed by atoms with Gasteiger partial charge < -0.3 is 18.7 Å². The number of carbonyl (C=O) groups is 1. The van der Waals surface area contributed by atoms with Gasteiger partial charge in [-0.3, -0.25) is 0 Å². The van der Waals surface area contributed by atoms with E-state index in [9.17, 15) is 4.79 Å². The van der Waals surface area contributed by atoms with E-state index in [4.69, 9.17) is 14.2 Å². The number of methoxy groups -OCH3 is 1. The summed E-state index contributed by atoms with van der Waals surface area (Å²) in [6.07, 6.45) is 6.48. The van der Waals surface area contributed by atoms with E-state index < -0.39 is 11.9 Å². The molecule has 0 aromatic heterocycles. The Balaban J connectivity index is 1.47. The molecule has 0 radical (unpaired) electrons. The normalized spacial score (nSPS) is 26.9. The smallest absolute Gasteiger partial charge is 0.348 e. The molecule has 5 nitrogen and oxygen atoms in total. The molecule has 3 saturated heterocycles. The molecule has 0 saturated carbocycles. The van der Waals surface area contributed by atoms with Crippen molar-refractivity contribution in [1.82, 2.24) is 0 Å². The van der Waals surface area contributed by atoms with Crippen molar-refractivity contribution in [1.29, 1.82) is 0 Å². The van der Waals surface area contributed by atoms with Gasteiger partial charge in [-0.1, -0.05) is 60.7 Å². The molecule has 3 fully saturated rings. The van der Waals surface area contributed by atoms with Crippen LogP contribution in [0.2, 0.25) is 0 Å². The Morgan fingerprint density at radius 3 is 1.91 bits per heavy atom. The molecule has 0 amide bonds. The van der Waals surface area contributed by atoms with E-state index in [2.05, 4.69) is 0 Å². The van der Waals surface area contributed by atoms with Gasteiger partial charge in [-0.2, -0.15) is 0 Å². The quantitative estimate of drug-likeness (QED) is 0.346. The first-order valence-corrected chi connectivity index (χ1v) is 12.5. The third kappa shape index (κ3) is 3.90. The number of benzene rings is 2. The Hall–Kier alpha value is -2.21. The molecule has 0 N–H and O–H groups in total. The zero-order chi connectivity index (χ0) is 22.9. The summed E-state index contributed by atoms with van der Waals surface area (Å²) in [6, 6.07) is 20.6. The lowest BCUT2D eigenvalue weighted by Gasteiger charge is -2.47. The molecular weight excluding hydrogens is 414 g/mol. The van der Waals surface area contributed by atoms with E-state index in [0.717, 1.165) is 24.0 Å². The van der Waals surface area contributed by atoms with Crippen LogP contribution in [0.15, 0.2) is 60.7 Å². The van der Waals surface area contributed by atoms with Crippen molar-refractivity contribution < 1.29 is 23.5 Å². The fourth-order valence-corrected chi connectivity index (χ4v) is 6.77. The standard InChI is InChI=1S/C28H36NO4/c1-21(31-2)33-28(22-11-5-3-6-12-22,23-13-7-4-8-14-23)27(30)32-26-19-24-15-16-25(20-26)29(24)17-9-10-18-29/h3-8,11-14,21,24-26H,9-10,15-20H2,1-2H3/q+1. The maximum Gasteiger partial charge on any atom is 0.348 e. The predicted octanol–water partition coefficient (Wildman–Crippen LogP) is 4.79. The van der Waals surface area contributed by atoms with Gasteiger partial charge in [-0.25, -0.2) is 4.79 Å². The maximum atomic E-state index is 14.1. The molecule has 2 bridgehead atoms. The Morgan fingerprint density at radius 2 is 1.42 bits per heavy atom. The Kier molecular flexibility index (Phi) is 6.30. The number of esters is 1. The van der Waals surface area contributed by atoms with E-state index in [0.29, 0.717) is 12.1 Å². The van der Waals surface area contributed by atoms with Gasteiger partial charge in [0, 0.05) is 45.6 Å². The van der Waals surface area contributed by atoms with E-state index in [1.165, 1.54) is 43.3 Å². The van der Waals surface area contributed by atoms with Crippen LogP contribution >= 0.6 is 0 Å². The summed E-state index contributed by atoms with van der Waals surface area (Å²) in [4.78, 5) is 14.1. The average Bonchev–Trinajstić information content (AvgIpc) is 3.40. The number of nitrogens with zero attached hydrogens (tertiary/aromatic N) is 1. The van der Waals surface area contributed by atoms with E-state index >= 15 is 0 Å². The lowest BCUT2D eigenvalue weighted by molar-refractivity contribution is -0.956. The molecule has 2 aromatic rings. The van der Waals surface area contributed by atoms with Gasteiger partial charge in [-0.15, -0.1) is 0 Å². The molecule has 0 aliphatic carbocycles. The molecule has 3 atom stereocenters. The molecule has 3 aliphatic rings. The SMILES string of the molecule is COC(C)OC(C(=O)OC1CC2CCC(C1)[N+]21CCCC1)(c1ccccc1)c1ccccc1. The van der Waals surface area contributed by atoms with Crippen LogP contribution in [0.3, 0.4) is 0 Å². The van der Waals surface area contributed by atoms with Crippen molar-refractivity contribution >= 4 is 5.97 Å². The molecule has 3 aliphatic heterocycles. The second kappa shape index (κ2) is 9.21. The van der Waals surface area contributed by atoms with Crippen molar-refractivity contribution in [2.75, 3.05) is 20.2 Å². The summed E-state index contributed by atoms with van der Waals surface area (Å²) in [5, 5.41) is 0. The first-order valence-electron chi connectivity index (χ1n) is 12.5. The second-order valence-corrected chi connectivity index (χ2v) is 9.98. The molecule has 176 valence electrons. The maximum absolute atomic E-state index is 14.1. The van der Waals surface area contributed by atoms with Crippen LogP contribution in [0, 0.1) is 0 Å². The molecule has 33 heavy (non-hydrogen) atoms. The van der Waals surface area contributed by atoms with Gasteiger partial charge in [0.05, 0.1) is 25.2 Å². The number of hydrogen-bond acceptors (Lipinski definition) is 4. The van der Waals surface area contributed by atoms with Crippen LogP contribution in [0.1, 0.15) is 56.6 Å². The fraction of sp³-hybridized carbons (Fsp3) is 0.536. The van der Waals surface area contributed by atoms with Gasteiger partial charge in [0.15, 0.2) is 6.29 Å². The second-order valence-electron chi connectivity index (χ2n) is 9.98. The molecule has 3 heterocycles. The number of rotatable bonds is 7. The van der Waals surface area contributed by atoms with Crippen LogP contribution in [0.25, 0.3) is 0 Å². The number of ether oxygens (including phenoxy) is 3. The molecule has 5 rings (SSSR count). The third-order valence-electron chi connectivity index (χ3n) is 8.35. The molecule has 1 spiro atoms. The number of hydrogen-bond donors (Lipinski definition) is 0. The van der Waals surface area contributed by atoms with Crippen LogP contribution in [0.4, 0.5) is 0 Å². The van der Waals surface area contributed by atoms with Crippen molar-refractivity contribution in [3.63, 3.8) is 0 Å². The summed E-state index contributed by atoms with van der Waals surface area (Å²) >= 11 is 0. The van der Waals surface area contributed by atoms with E-state index in [1.54, 1.807) is 7.11 Å². The summed E-state index contributed by atoms with van der Waals surface area (Å²) in [5.74, 6) is -0.344. The Labute approximate surface area is 197 Å². The molecule has 3 unspecified atom stereocenters. The predicted molar refractivity (Wildman–Crippen MR) is 126 cm³/mol. The van der Waals surface area contributed by atoms with Crippen LogP contribution in [0.5, 0.6) is 0 Å². The highest BCUT2D eigenvalue weighted by molar-refractivity contribution is 5.86. The minimum atomic E-state index is -1.38. The first kappa shape index (κ1) is 22.6. The van der Waals surface area contributed by atoms with Crippen molar-refractivity contribution in [3.05, 3.63) is 71.8 Å². The topological polar surface area (TPSA) is 44.8 Å². The van der Waals surface area contributed by atoms with Gasteiger partial charge in [-0.05, 0) is 18.1 Å². The summed E-state index contributed by atoms with van der Waals surface area (Å²) < 4.78 is 19.5. The third-order valence-corrected chi connectivity index (χ3v) is 8.35. The molecular formula is C28H36NO4+. The minimum Gasteiger partial charge on any atom is -0.459 e. The zero-order valence-electron chi connectivity index (χ0n) is 19.8. The minimum absolute atomic E-state index is 0.0624. The van der Waals surface area contributed by atoms with Gasteiger partial charge >= 0.3 is 5.97 Å². The van der Waals surface area contributed by atoms with Gasteiger partial charge in [0.25, 0.3) is 0 Å². The first-order chi connectivity index (χ1) is 16.1. The summed E-state index contributed by atoms with van der Waals surface area (Å²) in [6.45, 7) is 4.43. The van der Waals surface area contributed by atoms with E-state index in [1.807, 2.05) is 67.6 Å². The Bertz CT molecular complexity index is 885. The van der Waals surface area contributed by atoms with Crippen LogP contribution in [-0.4, -0.2) is 55.1 Å². The van der Waals surface area contributed by atoms with Crippen LogP contribution in [-0.2, 0) is 24.6 Å². The average molecular weight is 451 g/mol. The van der Waals surface area contributed by atoms with Gasteiger partial charge in [0.2, 0.25) is 5.60 Å². The fourth-order valence-electron chi connectivity index (χ4n) is 6.77. The van der Waals surface area contributed by atoms with Gasteiger partial charge in [0.1, 0.15) is 6.10 Å². The summed E-state index contributed by atoms with van der Waals surface area (Å²) in [5.41, 5.74) is 0.132. The highest BCUT2D eigenvalue weighted by atomic mass is 16.7. The summed E-state index contributed by atoms with van der Waals surface area (Å²) in [7, 11) is 1.59. The molecule has 5 heteroatoms. The molecule has 2 aromatic carbocycles. The number of piperidine rings is 1. The highest BCUT2D eigenvalue weighted by Gasteiger charge is 2.57. The van der Waals surface area contributed by atoms with Crippen molar-refractivity contribution in [3.8, 4) is 0 Å². The van der Waals surface area contributed by atoms with Crippen molar-refractivity contribution in [2.24, 2.45) is 0 Å². The highest BCUT2D eigenvalue weighted by Crippen LogP contribution is 2.47. The van der Waals surface area contributed by atoms with Crippen LogP contribution < -0.4 is 0 Å². The largest absolute Gasteiger partial charge is 0.459 e. The van der Waals surface area contributed by atoms with E-state index in [-0.39, 0.29) is 12.1 Å². The van der Waals surface area contributed by atoms with Crippen molar-refractivity contribution in [2.45, 2.75) is 75.5 Å². The lowest BCUT2D eigenvalue weighted by Crippen LogP contribution is -2.60. The Morgan fingerprint density at radius 1 is 0.909 bits per heavy atom.